The third-order valence-electron chi connectivity index (χ3n) is 3.72. The van der Waals surface area contributed by atoms with Crippen molar-refractivity contribution in [3.05, 3.63) is 9.77 Å². The fourth-order valence-corrected chi connectivity index (χ4v) is 3.00. The lowest BCUT2D eigenvalue weighted by Gasteiger charge is -2.30. The molecule has 2 radical (unpaired) electrons. The summed E-state index contributed by atoms with van der Waals surface area (Å²) in [5.41, 5.74) is 0. The van der Waals surface area contributed by atoms with Gasteiger partial charge in [0, 0.05) is 19.2 Å². The normalized spacial score (nSPS) is 21.5. The second kappa shape index (κ2) is 7.10. The van der Waals surface area contributed by atoms with Crippen molar-refractivity contribution in [1.29, 1.82) is 0 Å². The molecule has 3 heterocycles. The molecular formula is C13H18BIN4O2. The highest BCUT2D eigenvalue weighted by Gasteiger charge is 2.20. The van der Waals surface area contributed by atoms with Gasteiger partial charge in [-0.3, -0.25) is 0 Å². The van der Waals surface area contributed by atoms with E-state index in [1.165, 1.54) is 0 Å². The van der Waals surface area contributed by atoms with E-state index < -0.39 is 0 Å². The van der Waals surface area contributed by atoms with E-state index >= 15 is 0 Å². The maximum Gasteiger partial charge on any atom is 0.229 e. The summed E-state index contributed by atoms with van der Waals surface area (Å²) in [5.74, 6) is 1.39. The molecule has 6 nitrogen and oxygen atoms in total. The monoisotopic (exact) mass is 400 g/mol. The van der Waals surface area contributed by atoms with E-state index in [4.69, 9.17) is 17.5 Å². The molecule has 0 N–H and O–H groups in total. The summed E-state index contributed by atoms with van der Waals surface area (Å²) in [7, 11) is 5.77. The van der Waals surface area contributed by atoms with Gasteiger partial charge in [0.25, 0.3) is 0 Å². The topological polar surface area (TPSA) is 50.7 Å². The summed E-state index contributed by atoms with van der Waals surface area (Å²) in [5, 5.41) is 0. The number of nitrogens with zero attached hydrogens (tertiary/aromatic N) is 4. The summed E-state index contributed by atoms with van der Waals surface area (Å²) < 4.78 is 12.3. The van der Waals surface area contributed by atoms with Crippen molar-refractivity contribution in [2.45, 2.75) is 18.9 Å². The maximum atomic E-state index is 6.02. The van der Waals surface area contributed by atoms with Crippen molar-refractivity contribution in [2.75, 3.05) is 44.3 Å². The number of ether oxygens (including phenoxy) is 2. The van der Waals surface area contributed by atoms with Crippen LogP contribution in [0.4, 0.5) is 5.95 Å². The minimum atomic E-state index is 0.188. The highest BCUT2D eigenvalue weighted by Crippen LogP contribution is 2.21. The molecule has 0 spiro atoms. The number of morpholine rings is 1. The van der Waals surface area contributed by atoms with Gasteiger partial charge in [-0.1, -0.05) is 0 Å². The third kappa shape index (κ3) is 4.20. The molecule has 2 saturated heterocycles. The van der Waals surface area contributed by atoms with Crippen LogP contribution in [0.2, 0.25) is 0 Å². The third-order valence-corrected chi connectivity index (χ3v) is 4.27. The molecule has 1 aromatic heterocycles. The molecule has 0 saturated carbocycles. The molecule has 112 valence electrons. The molecule has 0 aliphatic carbocycles. The number of hydrogen-bond acceptors (Lipinski definition) is 6. The minimum absolute atomic E-state index is 0.188. The molecule has 1 aromatic rings. The van der Waals surface area contributed by atoms with Crippen molar-refractivity contribution >= 4 is 36.5 Å². The maximum absolute atomic E-state index is 6.02. The van der Waals surface area contributed by atoms with Crippen molar-refractivity contribution in [1.82, 2.24) is 14.8 Å². The molecule has 8 heteroatoms. The number of hydrogen-bond donors (Lipinski definition) is 0. The van der Waals surface area contributed by atoms with Crippen LogP contribution in [0.25, 0.3) is 0 Å². The van der Waals surface area contributed by atoms with Gasteiger partial charge in [-0.05, 0) is 48.5 Å². The fourth-order valence-electron chi connectivity index (χ4n) is 2.52. The second-order valence-electron chi connectivity index (χ2n) is 5.28. The molecule has 0 atom stereocenters. The Kier molecular flexibility index (Phi) is 5.17. The zero-order valence-electron chi connectivity index (χ0n) is 11.9. The zero-order chi connectivity index (χ0) is 14.7. The quantitative estimate of drug-likeness (QED) is 0.426. The van der Waals surface area contributed by atoms with Crippen LogP contribution in [-0.4, -0.2) is 68.3 Å². The van der Waals surface area contributed by atoms with Crippen LogP contribution in [-0.2, 0) is 4.74 Å². The number of aromatic nitrogens is 2. The highest BCUT2D eigenvalue weighted by molar-refractivity contribution is 14.1. The SMILES string of the molecule is [B]N1CCC(Oc2cc(I)nc(N3CCOCC3)n2)CC1. The Bertz CT molecular complexity index is 479. The van der Waals surface area contributed by atoms with Crippen LogP contribution in [0.15, 0.2) is 6.07 Å². The average Bonchev–Trinajstić information content (AvgIpc) is 2.50. The molecule has 3 rings (SSSR count). The first-order valence-corrected chi connectivity index (χ1v) is 8.32. The van der Waals surface area contributed by atoms with E-state index in [1.807, 2.05) is 10.9 Å². The number of piperidine rings is 1. The lowest BCUT2D eigenvalue weighted by Crippen LogP contribution is -2.38. The number of anilines is 1. The van der Waals surface area contributed by atoms with Crippen LogP contribution < -0.4 is 9.64 Å². The molecule has 0 unspecified atom stereocenters. The Labute approximate surface area is 139 Å². The van der Waals surface area contributed by atoms with Gasteiger partial charge in [0.05, 0.1) is 13.2 Å². The van der Waals surface area contributed by atoms with Gasteiger partial charge in [-0.25, -0.2) is 4.98 Å². The van der Waals surface area contributed by atoms with Gasteiger partial charge < -0.3 is 19.2 Å². The smallest absolute Gasteiger partial charge is 0.229 e. The van der Waals surface area contributed by atoms with Crippen molar-refractivity contribution in [3.63, 3.8) is 0 Å². The van der Waals surface area contributed by atoms with Crippen LogP contribution in [0.3, 0.4) is 0 Å². The lowest BCUT2D eigenvalue weighted by atomic mass is 10.1. The zero-order valence-corrected chi connectivity index (χ0v) is 14.0. The first-order chi connectivity index (χ1) is 10.2. The van der Waals surface area contributed by atoms with Gasteiger partial charge in [-0.2, -0.15) is 4.98 Å². The van der Waals surface area contributed by atoms with E-state index in [-0.39, 0.29) is 6.10 Å². The first kappa shape index (κ1) is 15.3. The van der Waals surface area contributed by atoms with Gasteiger partial charge in [0.15, 0.2) is 7.98 Å². The number of halogens is 1. The van der Waals surface area contributed by atoms with Gasteiger partial charge in [-0.15, -0.1) is 0 Å². The summed E-state index contributed by atoms with van der Waals surface area (Å²) in [4.78, 5) is 13.0. The van der Waals surface area contributed by atoms with Crippen LogP contribution >= 0.6 is 22.6 Å². The van der Waals surface area contributed by atoms with E-state index in [0.29, 0.717) is 5.88 Å². The van der Waals surface area contributed by atoms with Crippen molar-refractivity contribution in [2.24, 2.45) is 0 Å². The van der Waals surface area contributed by atoms with Gasteiger partial charge in [0.2, 0.25) is 11.8 Å². The van der Waals surface area contributed by atoms with Crippen molar-refractivity contribution < 1.29 is 9.47 Å². The van der Waals surface area contributed by atoms with E-state index in [1.54, 1.807) is 0 Å². The number of rotatable bonds is 3. The van der Waals surface area contributed by atoms with Crippen molar-refractivity contribution in [3.8, 4) is 5.88 Å². The Morgan fingerprint density at radius 2 is 1.90 bits per heavy atom. The predicted octanol–water partition coefficient (Wildman–Crippen LogP) is 0.845. The molecule has 0 bridgehead atoms. The Morgan fingerprint density at radius 3 is 2.62 bits per heavy atom. The predicted molar refractivity (Wildman–Crippen MR) is 88.8 cm³/mol. The molecule has 21 heavy (non-hydrogen) atoms. The molecule has 2 aliphatic rings. The van der Waals surface area contributed by atoms with Gasteiger partial charge >= 0.3 is 0 Å². The fraction of sp³-hybridized carbons (Fsp3) is 0.692. The van der Waals surface area contributed by atoms with Crippen LogP contribution in [0, 0.1) is 3.70 Å². The summed E-state index contributed by atoms with van der Waals surface area (Å²) in [6.45, 7) is 4.82. The molecule has 0 amide bonds. The summed E-state index contributed by atoms with van der Waals surface area (Å²) >= 11 is 2.21. The van der Waals surface area contributed by atoms with Crippen LogP contribution in [0.1, 0.15) is 12.8 Å². The van der Waals surface area contributed by atoms with E-state index in [2.05, 4.69) is 37.5 Å². The van der Waals surface area contributed by atoms with E-state index in [9.17, 15) is 0 Å². The average molecular weight is 400 g/mol. The van der Waals surface area contributed by atoms with Crippen LogP contribution in [0.5, 0.6) is 5.88 Å². The Hall–Kier alpha value is -0.605. The Balaban J connectivity index is 1.68. The molecule has 2 fully saturated rings. The largest absolute Gasteiger partial charge is 0.474 e. The van der Waals surface area contributed by atoms with Gasteiger partial charge in [0.1, 0.15) is 9.80 Å². The first-order valence-electron chi connectivity index (χ1n) is 7.24. The second-order valence-corrected chi connectivity index (χ2v) is 6.39. The standard InChI is InChI=1S/C13H18BIN4O2/c14-19-3-1-10(2-4-19)21-12-9-11(15)16-13(17-12)18-5-7-20-8-6-18/h9-10H,1-8H2. The molecule has 0 aromatic carbocycles. The summed E-state index contributed by atoms with van der Waals surface area (Å²) in [6, 6.07) is 1.89. The summed E-state index contributed by atoms with van der Waals surface area (Å²) in [6.07, 6.45) is 2.06. The molecule has 2 aliphatic heterocycles. The Morgan fingerprint density at radius 1 is 1.19 bits per heavy atom. The minimum Gasteiger partial charge on any atom is -0.474 e. The van der Waals surface area contributed by atoms with E-state index in [0.717, 1.165) is 61.9 Å². The lowest BCUT2D eigenvalue weighted by molar-refractivity contribution is 0.120. The molecular weight excluding hydrogens is 382 g/mol. The highest BCUT2D eigenvalue weighted by atomic mass is 127.